The van der Waals surface area contributed by atoms with Crippen molar-refractivity contribution in [2.24, 2.45) is 5.92 Å². The van der Waals surface area contributed by atoms with Crippen LogP contribution in [0.15, 0.2) is 12.5 Å². The first kappa shape index (κ1) is 15.5. The van der Waals surface area contributed by atoms with E-state index in [0.29, 0.717) is 5.92 Å². The highest BCUT2D eigenvalue weighted by molar-refractivity contribution is 4.99. The maximum atomic E-state index is 4.34. The predicted molar refractivity (Wildman–Crippen MR) is 83.7 cm³/mol. The largest absolute Gasteiger partial charge is 0.333 e. The first-order valence-electron chi connectivity index (χ1n) is 7.94. The quantitative estimate of drug-likeness (QED) is 0.827. The number of likely N-dealkylation sites (tertiary alicyclic amines) is 1. The Labute approximate surface area is 123 Å². The topological polar surface area (TPSA) is 24.3 Å². The third-order valence-corrected chi connectivity index (χ3v) is 4.27. The summed E-state index contributed by atoms with van der Waals surface area (Å²) in [4.78, 5) is 9.31. The Kier molecular flexibility index (Phi) is 5.61. The summed E-state index contributed by atoms with van der Waals surface area (Å²) in [5, 5.41) is 0. The fraction of sp³-hybridized carbons (Fsp3) is 0.812. The van der Waals surface area contributed by atoms with Crippen molar-refractivity contribution in [3.05, 3.63) is 18.2 Å². The van der Waals surface area contributed by atoms with Gasteiger partial charge in [0.2, 0.25) is 0 Å². The summed E-state index contributed by atoms with van der Waals surface area (Å²) >= 11 is 0. The zero-order chi connectivity index (χ0) is 14.5. The molecule has 2 rings (SSSR count). The van der Waals surface area contributed by atoms with Crippen molar-refractivity contribution < 1.29 is 0 Å². The molecule has 0 unspecified atom stereocenters. The number of hydrogen-bond donors (Lipinski definition) is 0. The second-order valence-corrected chi connectivity index (χ2v) is 6.76. The molecule has 0 bridgehead atoms. The van der Waals surface area contributed by atoms with Crippen molar-refractivity contribution >= 4 is 0 Å². The Morgan fingerprint density at radius 1 is 1.30 bits per heavy atom. The molecule has 114 valence electrons. The van der Waals surface area contributed by atoms with E-state index in [4.69, 9.17) is 0 Å². The van der Waals surface area contributed by atoms with Crippen molar-refractivity contribution in [1.82, 2.24) is 19.4 Å². The van der Waals surface area contributed by atoms with E-state index in [1.54, 1.807) is 0 Å². The van der Waals surface area contributed by atoms with Gasteiger partial charge in [-0.05, 0) is 45.8 Å². The fourth-order valence-corrected chi connectivity index (χ4v) is 3.08. The van der Waals surface area contributed by atoms with Gasteiger partial charge >= 0.3 is 0 Å². The lowest BCUT2D eigenvalue weighted by Gasteiger charge is -2.23. The monoisotopic (exact) mass is 278 g/mol. The molecule has 0 saturated carbocycles. The molecule has 1 aromatic heterocycles. The minimum atomic E-state index is 0.671. The normalized spacial score (nSPS) is 21.6. The Morgan fingerprint density at radius 2 is 2.10 bits per heavy atom. The van der Waals surface area contributed by atoms with Crippen molar-refractivity contribution in [2.45, 2.75) is 52.2 Å². The van der Waals surface area contributed by atoms with Crippen molar-refractivity contribution in [2.75, 3.05) is 27.2 Å². The third kappa shape index (κ3) is 4.32. The van der Waals surface area contributed by atoms with E-state index >= 15 is 0 Å². The maximum absolute atomic E-state index is 4.34. The predicted octanol–water partition coefficient (Wildman–Crippen LogP) is 2.46. The van der Waals surface area contributed by atoms with Gasteiger partial charge in [0.05, 0.1) is 12.0 Å². The summed E-state index contributed by atoms with van der Waals surface area (Å²) < 4.78 is 2.32. The average molecular weight is 278 g/mol. The number of imidazole rings is 1. The Hall–Kier alpha value is -0.870. The van der Waals surface area contributed by atoms with Crippen LogP contribution >= 0.6 is 0 Å². The molecular formula is C16H30N4. The molecule has 4 heteroatoms. The lowest BCUT2D eigenvalue weighted by Crippen LogP contribution is -2.30. The van der Waals surface area contributed by atoms with Crippen LogP contribution in [0, 0.1) is 5.92 Å². The van der Waals surface area contributed by atoms with Crippen LogP contribution in [0.25, 0.3) is 0 Å². The van der Waals surface area contributed by atoms with E-state index in [0.717, 1.165) is 19.1 Å². The van der Waals surface area contributed by atoms with Gasteiger partial charge in [0, 0.05) is 31.9 Å². The van der Waals surface area contributed by atoms with Crippen LogP contribution in [0.3, 0.4) is 0 Å². The minimum Gasteiger partial charge on any atom is -0.333 e. The Morgan fingerprint density at radius 3 is 2.80 bits per heavy atom. The van der Waals surface area contributed by atoms with Crippen LogP contribution in [-0.4, -0.2) is 52.6 Å². The highest BCUT2D eigenvalue weighted by atomic mass is 15.2. The highest BCUT2D eigenvalue weighted by Crippen LogP contribution is 2.17. The summed E-state index contributed by atoms with van der Waals surface area (Å²) in [6.07, 6.45) is 7.94. The van der Waals surface area contributed by atoms with Crippen LogP contribution in [0.4, 0.5) is 0 Å². The van der Waals surface area contributed by atoms with Crippen molar-refractivity contribution in [3.8, 4) is 0 Å². The molecule has 1 aliphatic heterocycles. The number of nitrogens with zero attached hydrogens (tertiary/aromatic N) is 4. The van der Waals surface area contributed by atoms with E-state index in [1.165, 1.54) is 38.0 Å². The van der Waals surface area contributed by atoms with Gasteiger partial charge in [-0.1, -0.05) is 13.8 Å². The summed E-state index contributed by atoms with van der Waals surface area (Å²) in [7, 11) is 4.41. The average Bonchev–Trinajstić information content (AvgIpc) is 2.65. The third-order valence-electron chi connectivity index (χ3n) is 4.27. The smallest absolute Gasteiger partial charge is 0.0948 e. The lowest BCUT2D eigenvalue weighted by molar-refractivity contribution is 0.241. The zero-order valence-electron chi connectivity index (χ0n) is 13.5. The molecule has 0 aliphatic carbocycles. The molecule has 20 heavy (non-hydrogen) atoms. The number of rotatable bonds is 5. The van der Waals surface area contributed by atoms with E-state index < -0.39 is 0 Å². The molecule has 4 nitrogen and oxygen atoms in total. The molecule has 0 aromatic carbocycles. The summed E-state index contributed by atoms with van der Waals surface area (Å²) in [5.74, 6) is 0.671. The molecule has 0 N–H and O–H groups in total. The fourth-order valence-electron chi connectivity index (χ4n) is 3.08. The van der Waals surface area contributed by atoms with Gasteiger partial charge < -0.3 is 9.47 Å². The summed E-state index contributed by atoms with van der Waals surface area (Å²) in [6.45, 7) is 9.07. The van der Waals surface area contributed by atoms with Gasteiger partial charge in [-0.2, -0.15) is 0 Å². The molecule has 1 fully saturated rings. The summed E-state index contributed by atoms with van der Waals surface area (Å²) in [5.41, 5.74) is 1.36. The van der Waals surface area contributed by atoms with Gasteiger partial charge in [-0.25, -0.2) is 4.98 Å². The first-order valence-corrected chi connectivity index (χ1v) is 7.94. The van der Waals surface area contributed by atoms with E-state index in [1.807, 2.05) is 12.5 Å². The van der Waals surface area contributed by atoms with Crippen LogP contribution in [0.2, 0.25) is 0 Å². The molecule has 0 radical (unpaired) electrons. The molecule has 1 aromatic rings. The van der Waals surface area contributed by atoms with Crippen LogP contribution in [0.1, 0.15) is 38.8 Å². The highest BCUT2D eigenvalue weighted by Gasteiger charge is 2.19. The molecular weight excluding hydrogens is 248 g/mol. The lowest BCUT2D eigenvalue weighted by atomic mass is 10.1. The minimum absolute atomic E-state index is 0.671. The standard InChI is InChI=1S/C16H30N4/c1-14(2)11-20-13-17-10-16(20)12-19-8-5-6-15(7-9-19)18(3)4/h10,13-15H,5-9,11-12H2,1-4H3/t15-/m0/s1. The van der Waals surface area contributed by atoms with Gasteiger partial charge in [0.25, 0.3) is 0 Å². The second-order valence-electron chi connectivity index (χ2n) is 6.76. The number of aromatic nitrogens is 2. The maximum Gasteiger partial charge on any atom is 0.0948 e. The van der Waals surface area contributed by atoms with E-state index in [9.17, 15) is 0 Å². The summed E-state index contributed by atoms with van der Waals surface area (Å²) in [6, 6.07) is 0.751. The molecule has 2 heterocycles. The molecule has 0 amide bonds. The van der Waals surface area contributed by atoms with E-state index in [2.05, 4.69) is 47.3 Å². The van der Waals surface area contributed by atoms with Gasteiger partial charge in [0.1, 0.15) is 0 Å². The Balaban J connectivity index is 1.92. The molecule has 1 aliphatic rings. The zero-order valence-corrected chi connectivity index (χ0v) is 13.5. The molecule has 0 spiro atoms. The Bertz CT molecular complexity index is 397. The first-order chi connectivity index (χ1) is 9.56. The van der Waals surface area contributed by atoms with Crippen LogP contribution < -0.4 is 0 Å². The molecule has 1 atom stereocenters. The second kappa shape index (κ2) is 7.23. The van der Waals surface area contributed by atoms with Crippen LogP contribution in [0.5, 0.6) is 0 Å². The van der Waals surface area contributed by atoms with Gasteiger partial charge in [-0.15, -0.1) is 0 Å². The molecule has 1 saturated heterocycles. The van der Waals surface area contributed by atoms with Crippen molar-refractivity contribution in [3.63, 3.8) is 0 Å². The van der Waals surface area contributed by atoms with E-state index in [-0.39, 0.29) is 0 Å². The van der Waals surface area contributed by atoms with Gasteiger partial charge in [0.15, 0.2) is 0 Å². The van der Waals surface area contributed by atoms with Crippen LogP contribution in [-0.2, 0) is 13.1 Å². The number of hydrogen-bond acceptors (Lipinski definition) is 3. The SMILES string of the molecule is CC(C)Cn1cncc1CN1CCC[C@H](N(C)C)CC1. The van der Waals surface area contributed by atoms with Gasteiger partial charge in [-0.3, -0.25) is 4.90 Å². The van der Waals surface area contributed by atoms with Crippen molar-refractivity contribution in [1.29, 1.82) is 0 Å².